The number of nitrogens with one attached hydrogen (secondary N) is 2. The van der Waals surface area contributed by atoms with Gasteiger partial charge in [0.1, 0.15) is 5.82 Å². The molecule has 0 unspecified atom stereocenters. The van der Waals surface area contributed by atoms with Crippen molar-refractivity contribution < 1.29 is 14.0 Å². The zero-order valence-corrected chi connectivity index (χ0v) is 16.1. The third-order valence-electron chi connectivity index (χ3n) is 3.60. The minimum Gasteiger partial charge on any atom is -0.326 e. The fraction of sp³-hybridized carbons (Fsp3) is 0.263. The molecule has 0 saturated heterocycles. The topological polar surface area (TPSA) is 58.2 Å². The van der Waals surface area contributed by atoms with Gasteiger partial charge in [0.15, 0.2) is 0 Å². The summed E-state index contributed by atoms with van der Waals surface area (Å²) in [6.07, 6.45) is 0. The maximum Gasteiger partial charge on any atom is 0.258 e. The predicted octanol–water partition coefficient (Wildman–Crippen LogP) is 5.13. The minimum atomic E-state index is -0.601. The van der Waals surface area contributed by atoms with Crippen molar-refractivity contribution in [3.8, 4) is 0 Å². The number of carbonyl (C=O) groups excluding carboxylic acids is 2. The van der Waals surface area contributed by atoms with E-state index >= 15 is 0 Å². The third-order valence-corrected chi connectivity index (χ3v) is 4.09. The highest BCUT2D eigenvalue weighted by atomic mass is 79.9. The van der Waals surface area contributed by atoms with Crippen molar-refractivity contribution >= 4 is 39.1 Å². The summed E-state index contributed by atoms with van der Waals surface area (Å²) in [5, 5.41) is 5.51. The molecule has 0 radical (unpaired) electrons. The van der Waals surface area contributed by atoms with Crippen LogP contribution in [0.5, 0.6) is 0 Å². The van der Waals surface area contributed by atoms with E-state index in [-0.39, 0.29) is 11.5 Å². The molecular weight excluding hydrogens is 387 g/mol. The Kier molecular flexibility index (Phi) is 5.62. The third kappa shape index (κ3) is 4.89. The molecule has 4 nitrogen and oxygen atoms in total. The van der Waals surface area contributed by atoms with E-state index in [0.29, 0.717) is 15.8 Å². The fourth-order valence-electron chi connectivity index (χ4n) is 2.01. The molecule has 6 heteroatoms. The highest BCUT2D eigenvalue weighted by Crippen LogP contribution is 2.24. The van der Waals surface area contributed by atoms with E-state index in [9.17, 15) is 14.0 Å². The first kappa shape index (κ1) is 19.1. The number of aryl methyl sites for hydroxylation is 1. The maximum atomic E-state index is 13.9. The van der Waals surface area contributed by atoms with Gasteiger partial charge in [-0.05, 0) is 42.8 Å². The molecule has 0 aliphatic rings. The van der Waals surface area contributed by atoms with Crippen LogP contribution >= 0.6 is 15.9 Å². The van der Waals surface area contributed by atoms with Crippen LogP contribution in [0.2, 0.25) is 0 Å². The summed E-state index contributed by atoms with van der Waals surface area (Å²) in [5.74, 6) is -1.29. The van der Waals surface area contributed by atoms with Crippen LogP contribution in [0.25, 0.3) is 0 Å². The highest BCUT2D eigenvalue weighted by Gasteiger charge is 2.21. The van der Waals surface area contributed by atoms with Gasteiger partial charge in [-0.1, -0.05) is 42.8 Å². The summed E-state index contributed by atoms with van der Waals surface area (Å²) in [6.45, 7) is 7.27. The zero-order chi connectivity index (χ0) is 18.8. The molecule has 2 aromatic carbocycles. The van der Waals surface area contributed by atoms with E-state index in [0.717, 1.165) is 5.56 Å². The Morgan fingerprint density at radius 3 is 2.36 bits per heavy atom. The molecule has 2 amide bonds. The largest absolute Gasteiger partial charge is 0.326 e. The van der Waals surface area contributed by atoms with Gasteiger partial charge in [0.05, 0.1) is 5.56 Å². The Morgan fingerprint density at radius 2 is 1.72 bits per heavy atom. The molecule has 0 fully saturated rings. The van der Waals surface area contributed by atoms with E-state index in [1.54, 1.807) is 18.2 Å². The molecule has 0 aliphatic heterocycles. The number of carbonyl (C=O) groups is 2. The number of halogens is 2. The van der Waals surface area contributed by atoms with Gasteiger partial charge in [0, 0.05) is 21.3 Å². The molecule has 132 valence electrons. The average molecular weight is 407 g/mol. The van der Waals surface area contributed by atoms with Gasteiger partial charge in [0.25, 0.3) is 5.91 Å². The van der Waals surface area contributed by atoms with Crippen LogP contribution in [-0.2, 0) is 4.79 Å². The second-order valence-corrected chi connectivity index (χ2v) is 7.73. The monoisotopic (exact) mass is 406 g/mol. The summed E-state index contributed by atoms with van der Waals surface area (Å²) < 4.78 is 14.5. The number of hydrogen-bond donors (Lipinski definition) is 2. The zero-order valence-electron chi connectivity index (χ0n) is 14.5. The number of benzene rings is 2. The van der Waals surface area contributed by atoms with Crippen LogP contribution in [0.1, 0.15) is 36.7 Å². The summed E-state index contributed by atoms with van der Waals surface area (Å²) in [7, 11) is 0. The molecule has 0 aliphatic carbocycles. The number of rotatable bonds is 3. The van der Waals surface area contributed by atoms with Crippen molar-refractivity contribution in [2.24, 2.45) is 5.41 Å². The number of anilines is 2. The molecule has 0 heterocycles. The lowest BCUT2D eigenvalue weighted by atomic mass is 9.95. The first-order chi connectivity index (χ1) is 11.6. The standard InChI is InChI=1S/C19H20BrFN2O2/c1-11-5-7-13(22-18(25)19(2,3)4)10-16(11)23-17(24)14-9-12(20)6-8-15(14)21/h5-10H,1-4H3,(H,22,25)(H,23,24). The van der Waals surface area contributed by atoms with E-state index < -0.39 is 17.1 Å². The molecule has 0 aromatic heterocycles. The van der Waals surface area contributed by atoms with Crippen LogP contribution in [0.3, 0.4) is 0 Å². The summed E-state index contributed by atoms with van der Waals surface area (Å²) in [5.41, 5.74) is 1.29. The predicted molar refractivity (Wildman–Crippen MR) is 101 cm³/mol. The molecule has 0 saturated carbocycles. The molecule has 2 N–H and O–H groups in total. The van der Waals surface area contributed by atoms with E-state index in [4.69, 9.17) is 0 Å². The van der Waals surface area contributed by atoms with Crippen LogP contribution < -0.4 is 10.6 Å². The van der Waals surface area contributed by atoms with Gasteiger partial charge in [-0.25, -0.2) is 4.39 Å². The van der Waals surface area contributed by atoms with Gasteiger partial charge in [-0.3, -0.25) is 9.59 Å². The Bertz CT molecular complexity index is 829. The fourth-order valence-corrected chi connectivity index (χ4v) is 2.38. The molecule has 0 atom stereocenters. The van der Waals surface area contributed by atoms with Crippen LogP contribution in [0.15, 0.2) is 40.9 Å². The van der Waals surface area contributed by atoms with Crippen molar-refractivity contribution in [2.75, 3.05) is 10.6 Å². The Morgan fingerprint density at radius 1 is 1.04 bits per heavy atom. The normalized spacial score (nSPS) is 11.1. The Hall–Kier alpha value is -2.21. The van der Waals surface area contributed by atoms with Crippen LogP contribution in [0, 0.1) is 18.2 Å². The van der Waals surface area contributed by atoms with Crippen molar-refractivity contribution in [3.63, 3.8) is 0 Å². The van der Waals surface area contributed by atoms with Gasteiger partial charge in [-0.15, -0.1) is 0 Å². The quantitative estimate of drug-likeness (QED) is 0.741. The average Bonchev–Trinajstić information content (AvgIpc) is 2.51. The maximum absolute atomic E-state index is 13.9. The van der Waals surface area contributed by atoms with E-state index in [1.165, 1.54) is 18.2 Å². The second kappa shape index (κ2) is 7.35. The van der Waals surface area contributed by atoms with E-state index in [2.05, 4.69) is 26.6 Å². The van der Waals surface area contributed by atoms with Crippen molar-refractivity contribution in [2.45, 2.75) is 27.7 Å². The van der Waals surface area contributed by atoms with Gasteiger partial charge >= 0.3 is 0 Å². The SMILES string of the molecule is Cc1ccc(NC(=O)C(C)(C)C)cc1NC(=O)c1cc(Br)ccc1F. The van der Waals surface area contributed by atoms with Gasteiger partial charge < -0.3 is 10.6 Å². The van der Waals surface area contributed by atoms with Crippen molar-refractivity contribution in [1.82, 2.24) is 0 Å². The van der Waals surface area contributed by atoms with Crippen LogP contribution in [-0.4, -0.2) is 11.8 Å². The smallest absolute Gasteiger partial charge is 0.258 e. The Balaban J connectivity index is 2.24. The van der Waals surface area contributed by atoms with Gasteiger partial charge in [-0.2, -0.15) is 0 Å². The molecule has 2 rings (SSSR count). The Labute approximate surface area is 154 Å². The van der Waals surface area contributed by atoms with Crippen LogP contribution in [0.4, 0.5) is 15.8 Å². The number of amides is 2. The van der Waals surface area contributed by atoms with Crippen molar-refractivity contribution in [3.05, 3.63) is 57.8 Å². The lowest BCUT2D eigenvalue weighted by Crippen LogP contribution is -2.27. The van der Waals surface area contributed by atoms with Crippen molar-refractivity contribution in [1.29, 1.82) is 0 Å². The second-order valence-electron chi connectivity index (χ2n) is 6.81. The lowest BCUT2D eigenvalue weighted by molar-refractivity contribution is -0.123. The lowest BCUT2D eigenvalue weighted by Gasteiger charge is -2.18. The van der Waals surface area contributed by atoms with Gasteiger partial charge in [0.2, 0.25) is 5.91 Å². The van der Waals surface area contributed by atoms with E-state index in [1.807, 2.05) is 27.7 Å². The minimum absolute atomic E-state index is 0.0575. The molecule has 2 aromatic rings. The molecule has 25 heavy (non-hydrogen) atoms. The summed E-state index contributed by atoms with van der Waals surface area (Å²) >= 11 is 3.23. The summed E-state index contributed by atoms with van der Waals surface area (Å²) in [4.78, 5) is 24.5. The summed E-state index contributed by atoms with van der Waals surface area (Å²) in [6, 6.07) is 9.38. The molecule has 0 bridgehead atoms. The first-order valence-corrected chi connectivity index (χ1v) is 8.56. The molecule has 0 spiro atoms. The number of hydrogen-bond acceptors (Lipinski definition) is 2. The molecular formula is C19H20BrFN2O2. The first-order valence-electron chi connectivity index (χ1n) is 7.76. The highest BCUT2D eigenvalue weighted by molar-refractivity contribution is 9.10.